The summed E-state index contributed by atoms with van der Waals surface area (Å²) in [7, 11) is 0. The van der Waals surface area contributed by atoms with Crippen LogP contribution in [0.1, 0.15) is 18.1 Å². The van der Waals surface area contributed by atoms with Crippen LogP contribution in [-0.2, 0) is 4.79 Å². The summed E-state index contributed by atoms with van der Waals surface area (Å²) in [4.78, 5) is 28.2. The second-order valence-corrected chi connectivity index (χ2v) is 9.47. The van der Waals surface area contributed by atoms with Gasteiger partial charge in [-0.2, -0.15) is 5.26 Å². The lowest BCUT2D eigenvalue weighted by atomic mass is 9.98. The lowest BCUT2D eigenvalue weighted by Crippen LogP contribution is -2.22. The lowest BCUT2D eigenvalue weighted by Gasteiger charge is -2.16. The number of anilines is 1. The van der Waals surface area contributed by atoms with Gasteiger partial charge in [0.15, 0.2) is 0 Å². The number of nitro groups is 1. The minimum Gasteiger partial charge on any atom is -0.325 e. The third kappa shape index (κ3) is 5.59. The van der Waals surface area contributed by atoms with Gasteiger partial charge in [-0.3, -0.25) is 14.9 Å². The lowest BCUT2D eigenvalue weighted by molar-refractivity contribution is -0.384. The van der Waals surface area contributed by atoms with Crippen molar-refractivity contribution in [2.75, 3.05) is 5.32 Å². The van der Waals surface area contributed by atoms with E-state index < -0.39 is 10.2 Å². The van der Waals surface area contributed by atoms with Crippen LogP contribution in [0, 0.1) is 28.4 Å². The Labute approximate surface area is 213 Å². The largest absolute Gasteiger partial charge is 0.325 e. The molecule has 0 fully saturated rings. The fraction of sp³-hybridized carbons (Fsp3) is 0.107. The van der Waals surface area contributed by atoms with E-state index in [1.807, 2.05) is 67.6 Å². The molecule has 4 aromatic rings. The minimum atomic E-state index is -0.624. The van der Waals surface area contributed by atoms with E-state index >= 15 is 0 Å². The first-order valence-electron chi connectivity index (χ1n) is 11.2. The van der Waals surface area contributed by atoms with Crippen LogP contribution >= 0.6 is 11.8 Å². The molecule has 0 spiro atoms. The van der Waals surface area contributed by atoms with Crippen molar-refractivity contribution in [3.8, 4) is 28.5 Å². The number of aryl methyl sites for hydroxylation is 1. The first-order chi connectivity index (χ1) is 17.4. The van der Waals surface area contributed by atoms with E-state index in [2.05, 4.69) is 11.4 Å². The molecule has 0 saturated carbocycles. The predicted octanol–water partition coefficient (Wildman–Crippen LogP) is 6.62. The van der Waals surface area contributed by atoms with Crippen molar-refractivity contribution >= 4 is 29.0 Å². The molecule has 1 aromatic heterocycles. The molecule has 0 aliphatic heterocycles. The number of hydrogen-bond acceptors (Lipinski definition) is 6. The van der Waals surface area contributed by atoms with Crippen LogP contribution in [0.2, 0.25) is 0 Å². The van der Waals surface area contributed by atoms with Gasteiger partial charge in [0.05, 0.1) is 21.4 Å². The van der Waals surface area contributed by atoms with Gasteiger partial charge in [-0.05, 0) is 31.5 Å². The Hall–Kier alpha value is -4.48. The van der Waals surface area contributed by atoms with E-state index in [-0.39, 0.29) is 11.6 Å². The van der Waals surface area contributed by atoms with Crippen LogP contribution in [0.15, 0.2) is 90.0 Å². The Balaban J connectivity index is 1.70. The zero-order valence-corrected chi connectivity index (χ0v) is 20.5. The van der Waals surface area contributed by atoms with E-state index in [0.29, 0.717) is 22.0 Å². The molecule has 0 bridgehead atoms. The van der Waals surface area contributed by atoms with Gasteiger partial charge in [-0.25, -0.2) is 4.98 Å². The molecular weight excluding hydrogens is 472 g/mol. The maximum Gasteiger partial charge on any atom is 0.271 e. The fourth-order valence-corrected chi connectivity index (χ4v) is 4.52. The quantitative estimate of drug-likeness (QED) is 0.176. The maximum atomic E-state index is 12.9. The summed E-state index contributed by atoms with van der Waals surface area (Å²) < 4.78 is 0. The zero-order valence-electron chi connectivity index (χ0n) is 19.6. The third-order valence-corrected chi connectivity index (χ3v) is 6.60. The number of rotatable bonds is 7. The van der Waals surface area contributed by atoms with Gasteiger partial charge in [-0.1, -0.05) is 78.0 Å². The molecular formula is C28H22N4O3S. The molecule has 0 aliphatic rings. The molecule has 1 heterocycles. The van der Waals surface area contributed by atoms with Gasteiger partial charge in [-0.15, -0.1) is 0 Å². The summed E-state index contributed by atoms with van der Waals surface area (Å²) >= 11 is 1.17. The van der Waals surface area contributed by atoms with Crippen molar-refractivity contribution in [3.63, 3.8) is 0 Å². The summed E-state index contributed by atoms with van der Waals surface area (Å²) in [5.74, 6) is -0.354. The van der Waals surface area contributed by atoms with Gasteiger partial charge >= 0.3 is 0 Å². The van der Waals surface area contributed by atoms with Crippen molar-refractivity contribution in [1.29, 1.82) is 5.26 Å². The standard InChI is InChI=1S/C28H22N4O3S/c1-18-11-13-20(14-12-18)24-16-26(21-7-4-3-5-8-21)31-28(25(24)17-29)36-19(2)27(33)30-22-9-6-10-23(15-22)32(34)35/h3-16,19H,1-2H3,(H,30,33)/t19-/m1/s1. The summed E-state index contributed by atoms with van der Waals surface area (Å²) in [6.07, 6.45) is 0. The van der Waals surface area contributed by atoms with Crippen molar-refractivity contribution in [3.05, 3.63) is 106 Å². The highest BCUT2D eigenvalue weighted by molar-refractivity contribution is 8.00. The van der Waals surface area contributed by atoms with Crippen LogP contribution < -0.4 is 5.32 Å². The zero-order chi connectivity index (χ0) is 25.7. The SMILES string of the molecule is Cc1ccc(-c2cc(-c3ccccc3)nc(S[C@H](C)C(=O)Nc3cccc([N+](=O)[O-])c3)c2C#N)cc1. The number of nitrogens with one attached hydrogen (secondary N) is 1. The topological polar surface area (TPSA) is 109 Å². The van der Waals surface area contributed by atoms with E-state index in [1.165, 1.54) is 30.0 Å². The van der Waals surface area contributed by atoms with E-state index in [1.54, 1.807) is 13.0 Å². The molecule has 1 atom stereocenters. The van der Waals surface area contributed by atoms with Crippen LogP contribution in [0.4, 0.5) is 11.4 Å². The highest BCUT2D eigenvalue weighted by Gasteiger charge is 2.22. The van der Waals surface area contributed by atoms with Gasteiger partial charge in [0.25, 0.3) is 5.69 Å². The Morgan fingerprint density at radius 2 is 1.75 bits per heavy atom. The van der Waals surface area contributed by atoms with E-state index in [0.717, 1.165) is 22.3 Å². The molecule has 0 unspecified atom stereocenters. The Bertz CT molecular complexity index is 1460. The number of nitro benzene ring substituents is 1. The van der Waals surface area contributed by atoms with Crippen LogP contribution in [0.3, 0.4) is 0 Å². The number of thioether (sulfide) groups is 1. The van der Waals surface area contributed by atoms with Crippen molar-refractivity contribution < 1.29 is 9.72 Å². The van der Waals surface area contributed by atoms with Crippen molar-refractivity contribution in [2.45, 2.75) is 24.1 Å². The molecule has 0 radical (unpaired) electrons. The molecule has 36 heavy (non-hydrogen) atoms. The number of amides is 1. The number of carbonyl (C=O) groups is 1. The molecule has 178 valence electrons. The van der Waals surface area contributed by atoms with Crippen LogP contribution in [0.25, 0.3) is 22.4 Å². The Kier molecular flexibility index (Phi) is 7.42. The number of aromatic nitrogens is 1. The van der Waals surface area contributed by atoms with Gasteiger partial charge in [0, 0.05) is 28.9 Å². The van der Waals surface area contributed by atoms with Crippen LogP contribution in [0.5, 0.6) is 0 Å². The Morgan fingerprint density at radius 1 is 1.03 bits per heavy atom. The summed E-state index contributed by atoms with van der Waals surface area (Å²) in [5, 5.41) is 23.7. The minimum absolute atomic E-state index is 0.111. The summed E-state index contributed by atoms with van der Waals surface area (Å²) in [6.45, 7) is 3.71. The number of pyridine rings is 1. The number of nitriles is 1. The van der Waals surface area contributed by atoms with Crippen molar-refractivity contribution in [1.82, 2.24) is 4.98 Å². The molecule has 4 rings (SSSR count). The van der Waals surface area contributed by atoms with Gasteiger partial charge in [0.1, 0.15) is 11.1 Å². The molecule has 8 heteroatoms. The average Bonchev–Trinajstić information content (AvgIpc) is 2.89. The van der Waals surface area contributed by atoms with Gasteiger partial charge < -0.3 is 5.32 Å². The third-order valence-electron chi connectivity index (χ3n) is 5.51. The fourth-order valence-electron chi connectivity index (χ4n) is 3.59. The maximum absolute atomic E-state index is 12.9. The van der Waals surface area contributed by atoms with Crippen molar-refractivity contribution in [2.24, 2.45) is 0 Å². The summed E-state index contributed by atoms with van der Waals surface area (Å²) in [6, 6.07) is 27.5. The monoisotopic (exact) mass is 494 g/mol. The number of carbonyl (C=O) groups excluding carboxylic acids is 1. The number of non-ortho nitro benzene ring substituents is 1. The average molecular weight is 495 g/mol. The number of nitrogens with zero attached hydrogens (tertiary/aromatic N) is 3. The number of benzene rings is 3. The molecule has 0 saturated heterocycles. The first-order valence-corrected chi connectivity index (χ1v) is 12.0. The van der Waals surface area contributed by atoms with E-state index in [4.69, 9.17) is 4.98 Å². The molecule has 3 aromatic carbocycles. The first kappa shape index (κ1) is 24.6. The predicted molar refractivity (Wildman–Crippen MR) is 142 cm³/mol. The smallest absolute Gasteiger partial charge is 0.271 e. The van der Waals surface area contributed by atoms with Crippen LogP contribution in [-0.4, -0.2) is 21.1 Å². The Morgan fingerprint density at radius 3 is 2.42 bits per heavy atom. The van der Waals surface area contributed by atoms with E-state index in [9.17, 15) is 20.2 Å². The highest BCUT2D eigenvalue weighted by Crippen LogP contribution is 2.36. The second kappa shape index (κ2) is 10.8. The highest BCUT2D eigenvalue weighted by atomic mass is 32.2. The molecule has 1 amide bonds. The number of hydrogen-bond donors (Lipinski definition) is 1. The summed E-state index contributed by atoms with van der Waals surface area (Å²) in [5.41, 5.74) is 4.92. The molecule has 7 nitrogen and oxygen atoms in total. The normalized spacial score (nSPS) is 11.4. The van der Waals surface area contributed by atoms with Gasteiger partial charge in [0.2, 0.25) is 5.91 Å². The second-order valence-electron chi connectivity index (χ2n) is 8.14. The molecule has 0 aliphatic carbocycles. The molecule has 1 N–H and O–H groups in total.